The first-order valence-electron chi connectivity index (χ1n) is 22.6. The second-order valence-electron chi connectivity index (χ2n) is 19.8. The first kappa shape index (κ1) is 47.3. The van der Waals surface area contributed by atoms with Crippen LogP contribution in [0.4, 0.5) is 18.4 Å². The summed E-state index contributed by atoms with van der Waals surface area (Å²) in [7, 11) is 1.55. The van der Waals surface area contributed by atoms with Gasteiger partial charge in [0.25, 0.3) is 5.91 Å². The Morgan fingerprint density at radius 3 is 2.37 bits per heavy atom. The molecule has 65 heavy (non-hydrogen) atoms. The summed E-state index contributed by atoms with van der Waals surface area (Å²) in [5.74, 6) is 1.45. The molecule has 16 nitrogen and oxygen atoms in total. The van der Waals surface area contributed by atoms with Crippen molar-refractivity contribution in [2.45, 2.75) is 135 Å². The largest absolute Gasteiger partial charge is 0.494 e. The summed E-state index contributed by atoms with van der Waals surface area (Å²) in [6, 6.07) is 8.93. The third-order valence-corrected chi connectivity index (χ3v) is 12.2. The molecule has 0 unspecified atom stereocenters. The maximum absolute atomic E-state index is 14.9. The predicted octanol–water partition coefficient (Wildman–Crippen LogP) is 6.88. The Labute approximate surface area is 378 Å². The highest BCUT2D eigenvalue weighted by Crippen LogP contribution is 2.41. The fourth-order valence-corrected chi connectivity index (χ4v) is 9.17. The van der Waals surface area contributed by atoms with E-state index >= 15 is 0 Å². The second-order valence-corrected chi connectivity index (χ2v) is 19.8. The van der Waals surface area contributed by atoms with E-state index < -0.39 is 41.7 Å². The molecule has 4 aromatic rings. The molecule has 0 radical (unpaired) electrons. The number of methoxy groups -OCH3 is 1. The molecule has 4 aliphatic rings. The highest BCUT2D eigenvalue weighted by atomic mass is 19.1. The van der Waals surface area contributed by atoms with Crippen molar-refractivity contribution < 1.29 is 47.3 Å². The normalized spacial score (nSPS) is 22.5. The van der Waals surface area contributed by atoms with Crippen molar-refractivity contribution in [1.82, 2.24) is 39.9 Å². The van der Waals surface area contributed by atoms with Gasteiger partial charge in [-0.15, -0.1) is 0 Å². The van der Waals surface area contributed by atoms with Gasteiger partial charge in [-0.25, -0.2) is 22.9 Å². The number of nitrogens with one attached hydrogen (secondary N) is 3. The van der Waals surface area contributed by atoms with Gasteiger partial charge in [-0.1, -0.05) is 12.1 Å². The van der Waals surface area contributed by atoms with Gasteiger partial charge in [0.15, 0.2) is 0 Å². The third kappa shape index (κ3) is 11.2. The number of rotatable bonds is 10. The number of pyridine rings is 1. The van der Waals surface area contributed by atoms with Crippen LogP contribution in [-0.4, -0.2) is 135 Å². The van der Waals surface area contributed by atoms with Gasteiger partial charge in [0.05, 0.1) is 48.6 Å². The van der Waals surface area contributed by atoms with Gasteiger partial charge in [-0.05, 0) is 91.8 Å². The van der Waals surface area contributed by atoms with E-state index in [4.69, 9.17) is 24.4 Å². The Bertz CT molecular complexity index is 2400. The van der Waals surface area contributed by atoms with Crippen LogP contribution >= 0.6 is 0 Å². The number of carbonyl (C=O) groups excluding carboxylic acids is 3. The number of hydrogen-bond acceptors (Lipinski definition) is 9. The molecule has 1 aliphatic carbocycles. The standard InChI is InChI=1S/C37H45FN6O6.C10H19FN2O2/c1-21-32(28-13-23-7-6-8-29(34(23)43(28)16-22-9-10-22)49-20-26-11-12-31(45)39-26)41-44-17-24(14-30(48-5)33(21)44)35(46)42-18-25(38)15-27(19-42)40-36(47)50-37(2,3)4;1-10(2,3)13(9(14)15)8-4-7(11)5-12-6-8/h6-8,13-14,17,22,25-27H,9-12,15-16,18-20H2,1-5H3,(H,39,45)(H,40,47);7-8,12H,4-6H2,1-3H3,(H,14,15)/t25-,26-,27-;7-,8-/m11/s1. The number of carboxylic acid groups (broad SMARTS) is 1. The molecular formula is C47H64F2N8O8. The van der Waals surface area contributed by atoms with E-state index in [2.05, 4.69) is 32.7 Å². The average Bonchev–Trinajstić information content (AvgIpc) is 3.68. The molecule has 18 heteroatoms. The molecule has 3 aliphatic heterocycles. The molecule has 3 aromatic heterocycles. The average molecular weight is 907 g/mol. The Morgan fingerprint density at radius 2 is 1.74 bits per heavy atom. The number of nitrogens with zero attached hydrogens (tertiary/aromatic N) is 5. The molecule has 3 saturated heterocycles. The molecule has 6 heterocycles. The summed E-state index contributed by atoms with van der Waals surface area (Å²) in [6.07, 6.45) is 1.74. The number of carbonyl (C=O) groups is 4. The molecular weight excluding hydrogens is 843 g/mol. The number of piperidine rings is 2. The fourth-order valence-electron chi connectivity index (χ4n) is 9.17. The second kappa shape index (κ2) is 19.1. The maximum atomic E-state index is 14.9. The number of hydrogen-bond donors (Lipinski definition) is 4. The van der Waals surface area contributed by atoms with Gasteiger partial charge >= 0.3 is 12.2 Å². The van der Waals surface area contributed by atoms with Crippen molar-refractivity contribution in [2.24, 2.45) is 5.92 Å². The first-order valence-corrected chi connectivity index (χ1v) is 22.6. The van der Waals surface area contributed by atoms with Gasteiger partial charge < -0.3 is 44.7 Å². The SMILES string of the molecule is CC(C)(C)N(C(=O)O)[C@H]1CNC[C@H](F)C1.COc1cc(C(=O)N2C[C@H](F)C[C@@H](NC(=O)OC(C)(C)C)C2)cn2nc(-c3cc4cccc(OC[C@H]5CCC(=O)N5)c4n3CC3CC3)c(C)c12. The van der Waals surface area contributed by atoms with Crippen LogP contribution in [0, 0.1) is 12.8 Å². The number of likely N-dealkylation sites (tertiary alicyclic amines) is 1. The molecule has 0 spiro atoms. The topological polar surface area (TPSA) is 181 Å². The number of ether oxygens (including phenoxy) is 3. The summed E-state index contributed by atoms with van der Waals surface area (Å²) >= 11 is 0. The van der Waals surface area contributed by atoms with E-state index in [0.717, 1.165) is 64.9 Å². The summed E-state index contributed by atoms with van der Waals surface area (Å²) in [4.78, 5) is 51.9. The van der Waals surface area contributed by atoms with Crippen molar-refractivity contribution in [3.05, 3.63) is 47.7 Å². The summed E-state index contributed by atoms with van der Waals surface area (Å²) < 4.78 is 49.6. The van der Waals surface area contributed by atoms with Crippen LogP contribution in [0.1, 0.15) is 96.0 Å². The van der Waals surface area contributed by atoms with E-state index in [9.17, 15) is 28.0 Å². The van der Waals surface area contributed by atoms with Gasteiger partial charge in [0, 0.05) is 68.1 Å². The van der Waals surface area contributed by atoms with Crippen molar-refractivity contribution in [1.29, 1.82) is 0 Å². The third-order valence-electron chi connectivity index (χ3n) is 12.2. The van der Waals surface area contributed by atoms with E-state index in [1.165, 1.54) is 9.80 Å². The van der Waals surface area contributed by atoms with Gasteiger partial charge in [-0.2, -0.15) is 5.10 Å². The van der Waals surface area contributed by atoms with Gasteiger partial charge in [-0.3, -0.25) is 14.5 Å². The quantitative estimate of drug-likeness (QED) is 0.131. The van der Waals surface area contributed by atoms with Crippen molar-refractivity contribution in [3.8, 4) is 22.9 Å². The minimum atomic E-state index is -1.31. The fraction of sp³-hybridized carbons (Fsp3) is 0.596. The summed E-state index contributed by atoms with van der Waals surface area (Å²) in [5.41, 5.74) is 3.38. The van der Waals surface area contributed by atoms with Crippen molar-refractivity contribution in [3.63, 3.8) is 0 Å². The molecule has 5 atom stereocenters. The zero-order valence-corrected chi connectivity index (χ0v) is 38.7. The van der Waals surface area contributed by atoms with E-state index in [1.807, 2.05) is 39.8 Å². The molecule has 354 valence electrons. The zero-order valence-electron chi connectivity index (χ0n) is 38.7. The number of halogens is 2. The zero-order chi connectivity index (χ0) is 47.0. The van der Waals surface area contributed by atoms with E-state index in [-0.39, 0.29) is 49.8 Å². The molecule has 8 rings (SSSR count). The van der Waals surface area contributed by atoms with Crippen LogP contribution in [0.2, 0.25) is 0 Å². The van der Waals surface area contributed by atoms with Crippen LogP contribution in [0.15, 0.2) is 36.5 Å². The monoisotopic (exact) mass is 906 g/mol. The number of aromatic nitrogens is 3. The molecule has 1 saturated carbocycles. The van der Waals surface area contributed by atoms with Crippen molar-refractivity contribution >= 4 is 40.4 Å². The number of benzene rings is 1. The maximum Gasteiger partial charge on any atom is 0.408 e. The van der Waals surface area contributed by atoms with Crippen molar-refractivity contribution in [2.75, 3.05) is 39.9 Å². The minimum Gasteiger partial charge on any atom is -0.494 e. The lowest BCUT2D eigenvalue weighted by Crippen LogP contribution is -2.57. The smallest absolute Gasteiger partial charge is 0.408 e. The Balaban J connectivity index is 0.000000358. The number of alkyl halides is 2. The van der Waals surface area contributed by atoms with E-state index in [0.29, 0.717) is 43.3 Å². The Hall–Kier alpha value is -5.65. The van der Waals surface area contributed by atoms with Crippen LogP contribution < -0.4 is 25.4 Å². The van der Waals surface area contributed by atoms with E-state index in [1.54, 1.807) is 44.7 Å². The van der Waals surface area contributed by atoms with Crippen LogP contribution in [0.5, 0.6) is 11.5 Å². The number of para-hydroxylation sites is 1. The number of alkyl carbamates (subject to hydrolysis) is 1. The molecule has 4 fully saturated rings. The highest BCUT2D eigenvalue weighted by Gasteiger charge is 2.37. The highest BCUT2D eigenvalue weighted by molar-refractivity contribution is 5.96. The van der Waals surface area contributed by atoms with Crippen LogP contribution in [0.25, 0.3) is 27.8 Å². The molecule has 4 N–H and O–H groups in total. The lowest BCUT2D eigenvalue weighted by molar-refractivity contribution is -0.119. The lowest BCUT2D eigenvalue weighted by Gasteiger charge is -2.42. The Kier molecular flexibility index (Phi) is 13.9. The number of fused-ring (bicyclic) bond motifs is 2. The number of aryl methyl sites for hydroxylation is 1. The molecule has 4 amide bonds. The molecule has 0 bridgehead atoms. The predicted molar refractivity (Wildman–Crippen MR) is 241 cm³/mol. The summed E-state index contributed by atoms with van der Waals surface area (Å²) in [5, 5.41) is 23.8. The summed E-state index contributed by atoms with van der Waals surface area (Å²) in [6.45, 7) is 14.8. The molecule has 1 aromatic carbocycles. The van der Waals surface area contributed by atoms with Crippen LogP contribution in [0.3, 0.4) is 0 Å². The first-order chi connectivity index (χ1) is 30.7. The minimum absolute atomic E-state index is 0.0121. The Morgan fingerprint density at radius 1 is 0.985 bits per heavy atom. The van der Waals surface area contributed by atoms with Gasteiger partial charge in [0.2, 0.25) is 5.91 Å². The van der Waals surface area contributed by atoms with Crippen LogP contribution in [-0.2, 0) is 16.1 Å². The van der Waals surface area contributed by atoms with Gasteiger partial charge in [0.1, 0.15) is 47.3 Å². The number of amides is 4. The lowest BCUT2D eigenvalue weighted by atomic mass is 9.98.